The van der Waals surface area contributed by atoms with Crippen molar-refractivity contribution in [1.29, 1.82) is 0 Å². The largest absolute Gasteiger partial charge is 0.228 e. The van der Waals surface area contributed by atoms with Crippen molar-refractivity contribution in [3.05, 3.63) is 204 Å². The molecule has 0 saturated carbocycles. The van der Waals surface area contributed by atoms with E-state index in [1.165, 1.54) is 48.7 Å². The quantitative estimate of drug-likeness (QED) is 0.189. The Balaban J connectivity index is 1.11. The minimum absolute atomic E-state index is 0.389. The van der Waals surface area contributed by atoms with Crippen LogP contribution in [0.25, 0.3) is 56.2 Å². The van der Waals surface area contributed by atoms with Gasteiger partial charge in [0.05, 0.1) is 16.8 Å². The molecule has 0 saturated heterocycles. The average Bonchev–Trinajstić information content (AvgIpc) is 3.48. The van der Waals surface area contributed by atoms with Gasteiger partial charge in [0.2, 0.25) is 0 Å². The Hall–Kier alpha value is -6.03. The van der Waals surface area contributed by atoms with E-state index < -0.39 is 0 Å². The molecule has 2 aliphatic rings. The maximum Gasteiger partial charge on any atom is 0.160 e. The first-order chi connectivity index (χ1) is 24.8. The molecule has 3 heteroatoms. The molecule has 0 amide bonds. The van der Waals surface area contributed by atoms with E-state index in [1.54, 1.807) is 0 Å². The van der Waals surface area contributed by atoms with Crippen LogP contribution in [-0.4, -0.2) is 9.97 Å². The van der Waals surface area contributed by atoms with Crippen LogP contribution in [0.15, 0.2) is 192 Å². The number of aromatic nitrogens is 2. The van der Waals surface area contributed by atoms with E-state index in [0.717, 1.165) is 33.6 Å². The molecular formula is C47H30N2S. The summed E-state index contributed by atoms with van der Waals surface area (Å²) in [5.41, 5.74) is 14.9. The molecular weight excluding hydrogens is 625 g/mol. The van der Waals surface area contributed by atoms with Gasteiger partial charge in [0.25, 0.3) is 0 Å². The molecule has 10 rings (SSSR count). The molecule has 1 aromatic heterocycles. The SMILES string of the molecule is c1ccc(-c2cc(-c3ccccc3)nc(-c3ccc(-c4ccc5c(c4)C4(c6ccccc6Sc6ccccc64)c4ccccc4-5)cc3)n2)cc1. The van der Waals surface area contributed by atoms with Crippen LogP contribution in [0.3, 0.4) is 0 Å². The van der Waals surface area contributed by atoms with Gasteiger partial charge in [-0.1, -0.05) is 169 Å². The number of nitrogens with zero attached hydrogens (tertiary/aromatic N) is 2. The molecule has 0 radical (unpaired) electrons. The van der Waals surface area contributed by atoms with E-state index in [4.69, 9.17) is 9.97 Å². The molecule has 8 aromatic rings. The first-order valence-corrected chi connectivity index (χ1v) is 17.8. The van der Waals surface area contributed by atoms with Crippen LogP contribution >= 0.6 is 11.8 Å². The van der Waals surface area contributed by atoms with Gasteiger partial charge in [-0.15, -0.1) is 0 Å². The molecule has 7 aromatic carbocycles. The predicted molar refractivity (Wildman–Crippen MR) is 205 cm³/mol. The molecule has 2 nitrogen and oxygen atoms in total. The van der Waals surface area contributed by atoms with Crippen molar-refractivity contribution in [2.45, 2.75) is 15.2 Å². The highest BCUT2D eigenvalue weighted by Crippen LogP contribution is 2.62. The number of hydrogen-bond acceptors (Lipinski definition) is 3. The Bertz CT molecular complexity index is 2450. The van der Waals surface area contributed by atoms with Gasteiger partial charge in [0, 0.05) is 26.5 Å². The first-order valence-electron chi connectivity index (χ1n) is 17.0. The van der Waals surface area contributed by atoms with Gasteiger partial charge in [0.1, 0.15) is 0 Å². The smallest absolute Gasteiger partial charge is 0.160 e. The molecule has 1 aliphatic heterocycles. The monoisotopic (exact) mass is 654 g/mol. The lowest BCUT2D eigenvalue weighted by molar-refractivity contribution is 0.722. The molecule has 0 unspecified atom stereocenters. The van der Waals surface area contributed by atoms with Crippen molar-refractivity contribution in [2.75, 3.05) is 0 Å². The van der Waals surface area contributed by atoms with Crippen molar-refractivity contribution in [3.8, 4) is 56.2 Å². The molecule has 0 bridgehead atoms. The van der Waals surface area contributed by atoms with E-state index in [-0.39, 0.29) is 5.41 Å². The zero-order chi connectivity index (χ0) is 33.1. The van der Waals surface area contributed by atoms with Gasteiger partial charge in [-0.05, 0) is 68.8 Å². The summed E-state index contributed by atoms with van der Waals surface area (Å²) in [6.45, 7) is 0. The van der Waals surface area contributed by atoms with Crippen molar-refractivity contribution in [3.63, 3.8) is 0 Å². The Morgan fingerprint density at radius 3 is 1.44 bits per heavy atom. The summed E-state index contributed by atoms with van der Waals surface area (Å²) in [5, 5.41) is 0. The fourth-order valence-electron chi connectivity index (χ4n) is 7.94. The standard InChI is InChI=1S/C47H30N2S/c1-3-13-32(14-4-1)42-30-43(33-15-5-2-6-16-33)49-46(48-42)34-25-23-31(24-26-34)35-27-28-37-36-17-7-8-18-38(36)47(41(37)29-35)39-19-9-11-21-44(39)50-45-22-12-10-20-40(45)47/h1-30H. The van der Waals surface area contributed by atoms with Crippen LogP contribution in [-0.2, 0) is 5.41 Å². The van der Waals surface area contributed by atoms with Crippen LogP contribution in [0.4, 0.5) is 0 Å². The minimum Gasteiger partial charge on any atom is -0.228 e. The maximum absolute atomic E-state index is 5.06. The van der Waals surface area contributed by atoms with Crippen molar-refractivity contribution in [1.82, 2.24) is 9.97 Å². The number of fused-ring (bicyclic) bond motifs is 9. The zero-order valence-corrected chi connectivity index (χ0v) is 27.9. The second-order valence-electron chi connectivity index (χ2n) is 12.9. The van der Waals surface area contributed by atoms with Crippen LogP contribution in [0, 0.1) is 0 Å². The fourth-order valence-corrected chi connectivity index (χ4v) is 9.13. The normalized spacial score (nSPS) is 13.3. The second kappa shape index (κ2) is 11.5. The molecule has 50 heavy (non-hydrogen) atoms. The molecule has 2 heterocycles. The van der Waals surface area contributed by atoms with Gasteiger partial charge < -0.3 is 0 Å². The van der Waals surface area contributed by atoms with E-state index >= 15 is 0 Å². The highest BCUT2D eigenvalue weighted by Gasteiger charge is 2.50. The highest BCUT2D eigenvalue weighted by molar-refractivity contribution is 7.99. The van der Waals surface area contributed by atoms with Crippen LogP contribution in [0.5, 0.6) is 0 Å². The molecule has 0 atom stereocenters. The molecule has 1 aliphatic carbocycles. The summed E-state index contributed by atoms with van der Waals surface area (Å²) in [6, 6.07) is 65.5. The summed E-state index contributed by atoms with van der Waals surface area (Å²) >= 11 is 1.88. The van der Waals surface area contributed by atoms with Crippen LogP contribution in [0.2, 0.25) is 0 Å². The average molecular weight is 655 g/mol. The zero-order valence-electron chi connectivity index (χ0n) is 27.1. The number of benzene rings is 7. The number of rotatable bonds is 4. The Morgan fingerprint density at radius 2 is 0.820 bits per heavy atom. The van der Waals surface area contributed by atoms with Gasteiger partial charge in [-0.3, -0.25) is 0 Å². The van der Waals surface area contributed by atoms with E-state index in [1.807, 2.05) is 23.9 Å². The first kappa shape index (κ1) is 28.9. The van der Waals surface area contributed by atoms with Gasteiger partial charge in [-0.25, -0.2) is 9.97 Å². The van der Waals surface area contributed by atoms with Crippen molar-refractivity contribution < 1.29 is 0 Å². The third-order valence-electron chi connectivity index (χ3n) is 10.2. The van der Waals surface area contributed by atoms with E-state index in [9.17, 15) is 0 Å². The van der Waals surface area contributed by atoms with Crippen molar-refractivity contribution in [2.24, 2.45) is 0 Å². The summed E-state index contributed by atoms with van der Waals surface area (Å²) < 4.78 is 0. The molecule has 234 valence electrons. The summed E-state index contributed by atoms with van der Waals surface area (Å²) in [7, 11) is 0. The highest BCUT2D eigenvalue weighted by atomic mass is 32.2. The van der Waals surface area contributed by atoms with Crippen molar-refractivity contribution >= 4 is 11.8 Å². The summed E-state index contributed by atoms with van der Waals surface area (Å²) in [4.78, 5) is 12.7. The predicted octanol–water partition coefficient (Wildman–Crippen LogP) is 12.0. The minimum atomic E-state index is -0.389. The lowest BCUT2D eigenvalue weighted by atomic mass is 9.67. The van der Waals surface area contributed by atoms with Gasteiger partial charge >= 0.3 is 0 Å². The Kier molecular flexibility index (Phi) is 6.68. The molecule has 0 N–H and O–H groups in total. The Morgan fingerprint density at radius 1 is 0.340 bits per heavy atom. The topological polar surface area (TPSA) is 25.8 Å². The number of hydrogen-bond donors (Lipinski definition) is 0. The maximum atomic E-state index is 5.06. The summed E-state index contributed by atoms with van der Waals surface area (Å²) in [6.07, 6.45) is 0. The molecule has 1 spiro atoms. The summed E-state index contributed by atoms with van der Waals surface area (Å²) in [5.74, 6) is 0.716. The molecule has 0 fully saturated rings. The third-order valence-corrected chi connectivity index (χ3v) is 11.3. The van der Waals surface area contributed by atoms with Crippen LogP contribution in [0.1, 0.15) is 22.3 Å². The fraction of sp³-hybridized carbons (Fsp3) is 0.0213. The third kappa shape index (κ3) is 4.44. The van der Waals surface area contributed by atoms with Crippen LogP contribution < -0.4 is 0 Å². The van der Waals surface area contributed by atoms with E-state index in [2.05, 4.69) is 170 Å². The second-order valence-corrected chi connectivity index (χ2v) is 14.0. The lowest BCUT2D eigenvalue weighted by Crippen LogP contribution is -2.31. The van der Waals surface area contributed by atoms with E-state index in [0.29, 0.717) is 5.82 Å². The lowest BCUT2D eigenvalue weighted by Gasteiger charge is -2.39. The Labute approximate surface area is 296 Å². The van der Waals surface area contributed by atoms with Gasteiger partial charge in [-0.2, -0.15) is 0 Å². The van der Waals surface area contributed by atoms with Gasteiger partial charge in [0.15, 0.2) is 5.82 Å².